The van der Waals surface area contributed by atoms with E-state index in [0.717, 1.165) is 16.3 Å². The van der Waals surface area contributed by atoms with Gasteiger partial charge in [0.15, 0.2) is 0 Å². The number of hydrogen-bond donors (Lipinski definition) is 1. The number of benzene rings is 5. The van der Waals surface area contributed by atoms with Gasteiger partial charge in [-0.25, -0.2) is 8.42 Å². The van der Waals surface area contributed by atoms with E-state index in [-0.39, 0.29) is 35.8 Å². The van der Waals surface area contributed by atoms with E-state index < -0.39 is 15.9 Å². The van der Waals surface area contributed by atoms with Crippen LogP contribution in [-0.2, 0) is 16.6 Å². The van der Waals surface area contributed by atoms with Crippen LogP contribution in [0.5, 0.6) is 11.5 Å². The summed E-state index contributed by atoms with van der Waals surface area (Å²) in [6, 6.07) is 36.0. The Morgan fingerprint density at radius 3 is 2.17 bits per heavy atom. The second-order valence-corrected chi connectivity index (χ2v) is 11.2. The lowest BCUT2D eigenvalue weighted by Gasteiger charge is -2.26. The molecule has 0 heterocycles. The molecule has 0 aliphatic carbocycles. The number of anilines is 1. The van der Waals surface area contributed by atoms with Crippen LogP contribution in [0.4, 0.5) is 5.69 Å². The number of carbonyl (C=O) groups excluding carboxylic acids is 1. The first-order valence-corrected chi connectivity index (χ1v) is 14.6. The van der Waals surface area contributed by atoms with Crippen molar-refractivity contribution in [2.75, 3.05) is 24.6 Å². The van der Waals surface area contributed by atoms with Gasteiger partial charge in [-0.3, -0.25) is 9.10 Å². The van der Waals surface area contributed by atoms with Crippen LogP contribution in [0.1, 0.15) is 15.9 Å². The third-order valence-electron chi connectivity index (χ3n) is 6.61. The smallest absolute Gasteiger partial charge is 0.264 e. The number of fused-ring (bicyclic) bond motifs is 1. The molecular formula is C33H30N2O5S. The molecule has 41 heavy (non-hydrogen) atoms. The Balaban J connectivity index is 1.36. The Hall–Kier alpha value is -4.82. The van der Waals surface area contributed by atoms with Crippen molar-refractivity contribution in [2.45, 2.75) is 11.4 Å². The molecule has 0 unspecified atom stereocenters. The van der Waals surface area contributed by atoms with E-state index in [0.29, 0.717) is 11.5 Å². The third-order valence-corrected chi connectivity index (χ3v) is 8.39. The topological polar surface area (TPSA) is 84.9 Å². The molecule has 5 rings (SSSR count). The molecule has 5 aromatic rings. The average molecular weight is 567 g/mol. The van der Waals surface area contributed by atoms with E-state index in [1.807, 2.05) is 72.8 Å². The summed E-state index contributed by atoms with van der Waals surface area (Å²) >= 11 is 0. The number of sulfonamides is 1. The van der Waals surface area contributed by atoms with E-state index >= 15 is 0 Å². The molecule has 208 valence electrons. The van der Waals surface area contributed by atoms with Crippen molar-refractivity contribution in [1.82, 2.24) is 5.32 Å². The second kappa shape index (κ2) is 12.6. The van der Waals surface area contributed by atoms with Gasteiger partial charge in [0.2, 0.25) is 0 Å². The zero-order valence-corrected chi connectivity index (χ0v) is 23.4. The molecule has 0 bridgehead atoms. The molecule has 5 aromatic carbocycles. The summed E-state index contributed by atoms with van der Waals surface area (Å²) < 4.78 is 40.2. The molecule has 0 aromatic heterocycles. The van der Waals surface area contributed by atoms with Gasteiger partial charge in [-0.05, 0) is 64.9 Å². The van der Waals surface area contributed by atoms with Gasteiger partial charge in [-0.15, -0.1) is 0 Å². The molecule has 7 nitrogen and oxygen atoms in total. The van der Waals surface area contributed by atoms with Crippen LogP contribution in [0.2, 0.25) is 0 Å². The first kappa shape index (κ1) is 27.7. The molecule has 0 atom stereocenters. The van der Waals surface area contributed by atoms with Crippen LogP contribution >= 0.6 is 0 Å². The standard InChI is InChI=1S/C33H30N2O5S/c1-39-28-17-19-30(20-18-28)41(37,38)35(24-25-9-3-2-4-10-25)32-14-8-7-13-31(32)33(36)34-21-22-40-29-16-15-26-11-5-6-12-27(26)23-29/h2-20,23H,21-22,24H2,1H3,(H,34,36). The van der Waals surface area contributed by atoms with Crippen LogP contribution in [0.25, 0.3) is 10.8 Å². The van der Waals surface area contributed by atoms with Crippen LogP contribution in [0, 0.1) is 0 Å². The largest absolute Gasteiger partial charge is 0.497 e. The minimum Gasteiger partial charge on any atom is -0.497 e. The summed E-state index contributed by atoms with van der Waals surface area (Å²) in [5.41, 5.74) is 1.30. The van der Waals surface area contributed by atoms with Crippen LogP contribution < -0.4 is 19.1 Å². The summed E-state index contributed by atoms with van der Waals surface area (Å²) in [5.74, 6) is 0.855. The Bertz CT molecular complexity index is 1740. The predicted octanol–water partition coefficient (Wildman–Crippen LogP) is 6.05. The maximum absolute atomic E-state index is 14.0. The maximum atomic E-state index is 14.0. The molecule has 0 aliphatic heterocycles. The monoisotopic (exact) mass is 566 g/mol. The molecule has 0 aliphatic rings. The number of nitrogens with one attached hydrogen (secondary N) is 1. The fraction of sp³-hybridized carbons (Fsp3) is 0.121. The van der Waals surface area contributed by atoms with Gasteiger partial charge >= 0.3 is 0 Å². The van der Waals surface area contributed by atoms with Gasteiger partial charge in [-0.2, -0.15) is 0 Å². The number of methoxy groups -OCH3 is 1. The molecule has 1 N–H and O–H groups in total. The third kappa shape index (κ3) is 6.50. The number of ether oxygens (including phenoxy) is 2. The van der Waals surface area contributed by atoms with Crippen molar-refractivity contribution < 1.29 is 22.7 Å². The number of carbonyl (C=O) groups is 1. The summed E-state index contributed by atoms with van der Waals surface area (Å²) in [7, 11) is -2.52. The molecular weight excluding hydrogens is 536 g/mol. The minimum atomic E-state index is -4.04. The summed E-state index contributed by atoms with van der Waals surface area (Å²) in [6.45, 7) is 0.540. The summed E-state index contributed by atoms with van der Waals surface area (Å²) in [6.07, 6.45) is 0. The van der Waals surface area contributed by atoms with Crippen LogP contribution in [-0.4, -0.2) is 34.6 Å². The Morgan fingerprint density at radius 1 is 0.756 bits per heavy atom. The van der Waals surface area contributed by atoms with Crippen LogP contribution in [0.15, 0.2) is 126 Å². The highest BCUT2D eigenvalue weighted by atomic mass is 32.2. The van der Waals surface area contributed by atoms with Crippen LogP contribution in [0.3, 0.4) is 0 Å². The van der Waals surface area contributed by atoms with E-state index in [4.69, 9.17) is 9.47 Å². The highest BCUT2D eigenvalue weighted by Gasteiger charge is 2.28. The quantitative estimate of drug-likeness (QED) is 0.197. The van der Waals surface area contributed by atoms with Gasteiger partial charge in [0.1, 0.15) is 18.1 Å². The molecule has 0 saturated carbocycles. The van der Waals surface area contributed by atoms with E-state index in [9.17, 15) is 13.2 Å². The lowest BCUT2D eigenvalue weighted by atomic mass is 10.1. The van der Waals surface area contributed by atoms with Crippen molar-refractivity contribution in [2.24, 2.45) is 0 Å². The minimum absolute atomic E-state index is 0.0462. The molecule has 0 spiro atoms. The Kier molecular flexibility index (Phi) is 8.50. The SMILES string of the molecule is COc1ccc(S(=O)(=O)N(Cc2ccccc2)c2ccccc2C(=O)NCCOc2ccc3ccccc3c2)cc1. The number of para-hydroxylation sites is 1. The average Bonchev–Trinajstić information content (AvgIpc) is 3.02. The van der Waals surface area contributed by atoms with Gasteiger partial charge in [0.05, 0.1) is 36.3 Å². The lowest BCUT2D eigenvalue weighted by Crippen LogP contribution is -2.34. The Labute approximate surface area is 240 Å². The zero-order chi connectivity index (χ0) is 28.7. The summed E-state index contributed by atoms with van der Waals surface area (Å²) in [5, 5.41) is 5.06. The first-order chi connectivity index (χ1) is 20.0. The lowest BCUT2D eigenvalue weighted by molar-refractivity contribution is 0.0947. The summed E-state index contributed by atoms with van der Waals surface area (Å²) in [4.78, 5) is 13.4. The highest BCUT2D eigenvalue weighted by molar-refractivity contribution is 7.92. The normalized spacial score (nSPS) is 11.1. The number of amides is 1. The fourth-order valence-electron chi connectivity index (χ4n) is 4.49. The van der Waals surface area contributed by atoms with E-state index in [1.165, 1.54) is 23.5 Å². The molecule has 0 fully saturated rings. The van der Waals surface area contributed by atoms with Crippen molar-refractivity contribution in [3.05, 3.63) is 132 Å². The molecule has 8 heteroatoms. The van der Waals surface area contributed by atoms with Gasteiger partial charge in [0.25, 0.3) is 15.9 Å². The van der Waals surface area contributed by atoms with Crippen molar-refractivity contribution in [1.29, 1.82) is 0 Å². The number of rotatable bonds is 11. The number of hydrogen-bond acceptors (Lipinski definition) is 5. The Morgan fingerprint density at radius 2 is 1.41 bits per heavy atom. The predicted molar refractivity (Wildman–Crippen MR) is 161 cm³/mol. The van der Waals surface area contributed by atoms with Gasteiger partial charge in [0, 0.05) is 0 Å². The van der Waals surface area contributed by atoms with Crippen molar-refractivity contribution in [3.8, 4) is 11.5 Å². The first-order valence-electron chi connectivity index (χ1n) is 13.2. The van der Waals surface area contributed by atoms with Gasteiger partial charge in [-0.1, -0.05) is 72.8 Å². The highest BCUT2D eigenvalue weighted by Crippen LogP contribution is 2.30. The fourth-order valence-corrected chi connectivity index (χ4v) is 5.96. The van der Waals surface area contributed by atoms with Crippen molar-refractivity contribution >= 4 is 32.4 Å². The molecule has 0 saturated heterocycles. The van der Waals surface area contributed by atoms with Crippen molar-refractivity contribution in [3.63, 3.8) is 0 Å². The van der Waals surface area contributed by atoms with E-state index in [2.05, 4.69) is 5.32 Å². The number of nitrogens with zero attached hydrogens (tertiary/aromatic N) is 1. The molecule has 1 amide bonds. The van der Waals surface area contributed by atoms with Gasteiger partial charge < -0.3 is 14.8 Å². The maximum Gasteiger partial charge on any atom is 0.264 e. The van der Waals surface area contributed by atoms with E-state index in [1.54, 1.807) is 36.4 Å². The zero-order valence-electron chi connectivity index (χ0n) is 22.6. The second-order valence-electron chi connectivity index (χ2n) is 9.30. The molecule has 0 radical (unpaired) electrons.